The summed E-state index contributed by atoms with van der Waals surface area (Å²) in [5, 5.41) is 8.64. The molecule has 1 heterocycles. The maximum absolute atomic E-state index is 10.5. The van der Waals surface area contributed by atoms with Gasteiger partial charge in [0.05, 0.1) is 0 Å². The van der Waals surface area contributed by atoms with E-state index in [1.807, 2.05) is 26.0 Å². The number of aromatic nitrogens is 1. The number of nitrogens with two attached hydrogens (primary N) is 1. The van der Waals surface area contributed by atoms with Crippen LogP contribution in [-0.4, -0.2) is 22.1 Å². The second-order valence-corrected chi connectivity index (χ2v) is 3.41. The number of carbonyl (C=O) groups is 1. The Morgan fingerprint density at radius 1 is 1.50 bits per heavy atom. The van der Waals surface area contributed by atoms with Crippen LogP contribution in [0.15, 0.2) is 12.1 Å². The SMILES string of the molecule is Cc1cc(CC(N)C(=O)O)cc(C)n1. The smallest absolute Gasteiger partial charge is 0.320 e. The van der Waals surface area contributed by atoms with Crippen molar-refractivity contribution in [1.82, 2.24) is 4.98 Å². The molecule has 0 spiro atoms. The number of carboxylic acids is 1. The van der Waals surface area contributed by atoms with Crippen LogP contribution in [0.4, 0.5) is 0 Å². The molecule has 14 heavy (non-hydrogen) atoms. The summed E-state index contributed by atoms with van der Waals surface area (Å²) in [7, 11) is 0. The van der Waals surface area contributed by atoms with Crippen LogP contribution in [-0.2, 0) is 11.2 Å². The minimum atomic E-state index is -0.975. The lowest BCUT2D eigenvalue weighted by Crippen LogP contribution is -2.32. The number of nitrogens with zero attached hydrogens (tertiary/aromatic N) is 1. The maximum Gasteiger partial charge on any atom is 0.320 e. The molecule has 0 bridgehead atoms. The number of hydrogen-bond donors (Lipinski definition) is 2. The van der Waals surface area contributed by atoms with Gasteiger partial charge in [-0.2, -0.15) is 0 Å². The standard InChI is InChI=1S/C10H14N2O2/c1-6-3-8(4-7(2)12-6)5-9(11)10(13)14/h3-4,9H,5,11H2,1-2H3,(H,13,14). The summed E-state index contributed by atoms with van der Waals surface area (Å²) in [6.45, 7) is 3.76. The van der Waals surface area contributed by atoms with Crippen LogP contribution in [0.25, 0.3) is 0 Å². The number of carboxylic acid groups (broad SMARTS) is 1. The molecule has 1 unspecified atom stereocenters. The van der Waals surface area contributed by atoms with E-state index in [-0.39, 0.29) is 0 Å². The van der Waals surface area contributed by atoms with Gasteiger partial charge < -0.3 is 10.8 Å². The molecule has 3 N–H and O–H groups in total. The summed E-state index contributed by atoms with van der Waals surface area (Å²) in [5.41, 5.74) is 8.12. The fourth-order valence-corrected chi connectivity index (χ4v) is 1.38. The van der Waals surface area contributed by atoms with Gasteiger partial charge in [0.2, 0.25) is 0 Å². The van der Waals surface area contributed by atoms with Crippen LogP contribution in [0.5, 0.6) is 0 Å². The van der Waals surface area contributed by atoms with E-state index in [2.05, 4.69) is 4.98 Å². The first kappa shape index (κ1) is 10.7. The Hall–Kier alpha value is -1.42. The highest BCUT2D eigenvalue weighted by Crippen LogP contribution is 2.07. The average molecular weight is 194 g/mol. The highest BCUT2D eigenvalue weighted by molar-refractivity contribution is 5.73. The first-order valence-corrected chi connectivity index (χ1v) is 4.41. The summed E-state index contributed by atoms with van der Waals surface area (Å²) in [6, 6.07) is 2.88. The second-order valence-electron chi connectivity index (χ2n) is 3.41. The van der Waals surface area contributed by atoms with E-state index in [0.29, 0.717) is 6.42 Å². The van der Waals surface area contributed by atoms with E-state index in [0.717, 1.165) is 17.0 Å². The molecule has 4 nitrogen and oxygen atoms in total. The third kappa shape index (κ3) is 2.81. The van der Waals surface area contributed by atoms with Crippen molar-refractivity contribution in [2.45, 2.75) is 26.3 Å². The van der Waals surface area contributed by atoms with Crippen LogP contribution in [0, 0.1) is 13.8 Å². The van der Waals surface area contributed by atoms with Gasteiger partial charge in [0.15, 0.2) is 0 Å². The van der Waals surface area contributed by atoms with Crippen molar-refractivity contribution in [2.24, 2.45) is 5.73 Å². The molecule has 0 aliphatic heterocycles. The molecule has 0 amide bonds. The van der Waals surface area contributed by atoms with Crippen LogP contribution < -0.4 is 5.73 Å². The zero-order valence-corrected chi connectivity index (χ0v) is 8.32. The summed E-state index contributed by atoms with van der Waals surface area (Å²) < 4.78 is 0. The fraction of sp³-hybridized carbons (Fsp3) is 0.400. The van der Waals surface area contributed by atoms with Crippen LogP contribution in [0.2, 0.25) is 0 Å². The Morgan fingerprint density at radius 3 is 2.43 bits per heavy atom. The molecule has 1 atom stereocenters. The van der Waals surface area contributed by atoms with Gasteiger partial charge in [0.25, 0.3) is 0 Å². The van der Waals surface area contributed by atoms with Crippen LogP contribution in [0.1, 0.15) is 17.0 Å². The second kappa shape index (κ2) is 4.19. The predicted octanol–water partition coefficient (Wildman–Crippen LogP) is 0.653. The zero-order valence-electron chi connectivity index (χ0n) is 8.32. The molecule has 0 aliphatic carbocycles. The first-order chi connectivity index (χ1) is 6.49. The highest BCUT2D eigenvalue weighted by Gasteiger charge is 2.12. The number of hydrogen-bond acceptors (Lipinski definition) is 3. The Labute approximate surface area is 82.8 Å². The lowest BCUT2D eigenvalue weighted by Gasteiger charge is -2.07. The molecule has 4 heteroatoms. The van der Waals surface area contributed by atoms with E-state index in [1.54, 1.807) is 0 Å². The molecule has 0 radical (unpaired) electrons. The van der Waals surface area contributed by atoms with E-state index in [9.17, 15) is 4.79 Å². The molecule has 1 rings (SSSR count). The van der Waals surface area contributed by atoms with Gasteiger partial charge in [0, 0.05) is 11.4 Å². The van der Waals surface area contributed by atoms with Crippen molar-refractivity contribution >= 4 is 5.97 Å². The largest absolute Gasteiger partial charge is 0.480 e. The lowest BCUT2D eigenvalue weighted by atomic mass is 10.1. The Kier molecular flexibility index (Phi) is 3.19. The van der Waals surface area contributed by atoms with Crippen molar-refractivity contribution < 1.29 is 9.90 Å². The van der Waals surface area contributed by atoms with Gasteiger partial charge in [-0.05, 0) is 38.0 Å². The number of pyridine rings is 1. The molecule has 1 aromatic rings. The van der Waals surface area contributed by atoms with Gasteiger partial charge in [-0.15, -0.1) is 0 Å². The van der Waals surface area contributed by atoms with Crippen molar-refractivity contribution in [3.63, 3.8) is 0 Å². The summed E-state index contributed by atoms with van der Waals surface area (Å²) in [4.78, 5) is 14.7. The van der Waals surface area contributed by atoms with E-state index >= 15 is 0 Å². The average Bonchev–Trinajstić information content (AvgIpc) is 2.01. The Balaban J connectivity index is 2.81. The Morgan fingerprint density at radius 2 is 2.00 bits per heavy atom. The van der Waals surface area contributed by atoms with Crippen molar-refractivity contribution in [2.75, 3.05) is 0 Å². The number of aliphatic carboxylic acids is 1. The van der Waals surface area contributed by atoms with Gasteiger partial charge in [0.1, 0.15) is 6.04 Å². The predicted molar refractivity (Wildman–Crippen MR) is 53.0 cm³/mol. The molecule has 0 aliphatic rings. The quantitative estimate of drug-likeness (QED) is 0.740. The molecular weight excluding hydrogens is 180 g/mol. The Bertz CT molecular complexity index is 330. The van der Waals surface area contributed by atoms with Crippen LogP contribution >= 0.6 is 0 Å². The van der Waals surface area contributed by atoms with Gasteiger partial charge in [-0.25, -0.2) is 0 Å². The van der Waals surface area contributed by atoms with Crippen molar-refractivity contribution in [1.29, 1.82) is 0 Å². The maximum atomic E-state index is 10.5. The molecular formula is C10H14N2O2. The number of rotatable bonds is 3. The summed E-state index contributed by atoms with van der Waals surface area (Å²) in [5.74, 6) is -0.975. The zero-order chi connectivity index (χ0) is 10.7. The van der Waals surface area contributed by atoms with Crippen LogP contribution in [0.3, 0.4) is 0 Å². The summed E-state index contributed by atoms with van der Waals surface area (Å²) in [6.07, 6.45) is 0.347. The fourth-order valence-electron chi connectivity index (χ4n) is 1.38. The van der Waals surface area contributed by atoms with Gasteiger partial charge in [-0.1, -0.05) is 0 Å². The van der Waals surface area contributed by atoms with Gasteiger partial charge in [-0.3, -0.25) is 9.78 Å². The first-order valence-electron chi connectivity index (χ1n) is 4.41. The minimum Gasteiger partial charge on any atom is -0.480 e. The number of aryl methyl sites for hydroxylation is 2. The molecule has 1 aromatic heterocycles. The molecule has 0 aromatic carbocycles. The minimum absolute atomic E-state index is 0.347. The molecule has 0 fully saturated rings. The molecule has 0 saturated carbocycles. The van der Waals surface area contributed by atoms with E-state index in [1.165, 1.54) is 0 Å². The molecule has 76 valence electrons. The van der Waals surface area contributed by atoms with E-state index in [4.69, 9.17) is 10.8 Å². The third-order valence-electron chi connectivity index (χ3n) is 1.91. The monoisotopic (exact) mass is 194 g/mol. The van der Waals surface area contributed by atoms with Crippen molar-refractivity contribution in [3.05, 3.63) is 29.1 Å². The lowest BCUT2D eigenvalue weighted by molar-refractivity contribution is -0.138. The normalized spacial score (nSPS) is 12.5. The van der Waals surface area contributed by atoms with Gasteiger partial charge >= 0.3 is 5.97 Å². The van der Waals surface area contributed by atoms with Crippen molar-refractivity contribution in [3.8, 4) is 0 Å². The highest BCUT2D eigenvalue weighted by atomic mass is 16.4. The third-order valence-corrected chi connectivity index (χ3v) is 1.91. The topological polar surface area (TPSA) is 76.2 Å². The molecule has 0 saturated heterocycles. The summed E-state index contributed by atoms with van der Waals surface area (Å²) >= 11 is 0. The van der Waals surface area contributed by atoms with E-state index < -0.39 is 12.0 Å².